The van der Waals surface area contributed by atoms with Gasteiger partial charge in [-0.15, -0.1) is 0 Å². The Morgan fingerprint density at radius 3 is 2.75 bits per heavy atom. The van der Waals surface area contributed by atoms with Crippen LogP contribution in [0.3, 0.4) is 0 Å². The van der Waals surface area contributed by atoms with Gasteiger partial charge in [0.05, 0.1) is 6.04 Å². The average Bonchev–Trinajstić information content (AvgIpc) is 2.14. The molecule has 2 atom stereocenters. The summed E-state index contributed by atoms with van der Waals surface area (Å²) in [6, 6.07) is -0.231. The molecule has 0 radical (unpaired) electrons. The number of halogens is 1. The molecule has 1 saturated heterocycles. The fourth-order valence-electron chi connectivity index (χ4n) is 0.825. The molecule has 0 saturated carbocycles. The molecular weight excluding hydrogens is 109 g/mol. The zero-order valence-electron chi connectivity index (χ0n) is 4.43. The Balaban J connectivity index is 2.32. The number of nitrogens with one attached hydrogen (secondary N) is 1. The highest BCUT2D eigenvalue weighted by atomic mass is 19.1. The van der Waals surface area contributed by atoms with Crippen LogP contribution in [-0.2, 0) is 4.79 Å². The molecule has 1 heterocycles. The minimum Gasteiger partial charge on any atom is -0.305 e. The summed E-state index contributed by atoms with van der Waals surface area (Å²) in [7, 11) is 0. The van der Waals surface area contributed by atoms with Crippen LogP contribution in [0.4, 0.5) is 4.39 Å². The smallest absolute Gasteiger partial charge is 0.137 e. The summed E-state index contributed by atoms with van der Waals surface area (Å²) in [5.41, 5.74) is 0. The first kappa shape index (κ1) is 5.69. The van der Waals surface area contributed by atoms with E-state index in [0.717, 1.165) is 6.29 Å². The Hall–Kier alpha value is -0.440. The van der Waals surface area contributed by atoms with Gasteiger partial charge < -0.3 is 10.1 Å². The number of carbonyl (C=O) groups is 1. The molecule has 1 rings (SSSR count). The van der Waals surface area contributed by atoms with Crippen LogP contribution in [0.15, 0.2) is 0 Å². The van der Waals surface area contributed by atoms with Crippen molar-refractivity contribution in [2.45, 2.75) is 18.6 Å². The number of hydrogen-bond acceptors (Lipinski definition) is 2. The molecule has 0 aromatic carbocycles. The highest BCUT2D eigenvalue weighted by molar-refractivity contribution is 5.58. The summed E-state index contributed by atoms with van der Waals surface area (Å²) in [5.74, 6) is 0. The van der Waals surface area contributed by atoms with E-state index in [1.165, 1.54) is 0 Å². The molecule has 0 amide bonds. The number of rotatable bonds is 1. The van der Waals surface area contributed by atoms with Crippen LogP contribution in [0.5, 0.6) is 0 Å². The quantitative estimate of drug-likeness (QED) is 0.485. The molecule has 0 aliphatic carbocycles. The largest absolute Gasteiger partial charge is 0.305 e. The number of hydrogen-bond donors (Lipinski definition) is 1. The van der Waals surface area contributed by atoms with E-state index < -0.39 is 6.17 Å². The van der Waals surface area contributed by atoms with Crippen molar-refractivity contribution in [3.8, 4) is 0 Å². The van der Waals surface area contributed by atoms with E-state index in [1.54, 1.807) is 0 Å². The van der Waals surface area contributed by atoms with E-state index >= 15 is 0 Å². The standard InChI is InChI=1S/C5H8FNO/c6-4-1-5(3-8)7-2-4/h3-5,7H,1-2H2/t4-,5-/m0/s1. The first-order chi connectivity index (χ1) is 3.83. The van der Waals surface area contributed by atoms with Gasteiger partial charge in [0.2, 0.25) is 0 Å². The van der Waals surface area contributed by atoms with Gasteiger partial charge >= 0.3 is 0 Å². The lowest BCUT2D eigenvalue weighted by molar-refractivity contribution is -0.109. The molecule has 1 fully saturated rings. The Morgan fingerprint density at radius 2 is 2.50 bits per heavy atom. The lowest BCUT2D eigenvalue weighted by atomic mass is 10.2. The maximum atomic E-state index is 12.1. The zero-order valence-corrected chi connectivity index (χ0v) is 4.43. The van der Waals surface area contributed by atoms with Gasteiger partial charge in [0.25, 0.3) is 0 Å². The topological polar surface area (TPSA) is 29.1 Å². The average molecular weight is 117 g/mol. The molecule has 0 bridgehead atoms. The van der Waals surface area contributed by atoms with Crippen molar-refractivity contribution in [3.63, 3.8) is 0 Å². The lowest BCUT2D eigenvalue weighted by Crippen LogP contribution is -2.22. The van der Waals surface area contributed by atoms with Gasteiger partial charge in [0.1, 0.15) is 12.5 Å². The highest BCUT2D eigenvalue weighted by Crippen LogP contribution is 2.06. The molecule has 0 aromatic rings. The summed E-state index contributed by atoms with van der Waals surface area (Å²) in [6.45, 7) is 0.337. The second-order valence-corrected chi connectivity index (χ2v) is 1.98. The second-order valence-electron chi connectivity index (χ2n) is 1.98. The van der Waals surface area contributed by atoms with E-state index in [1.807, 2.05) is 0 Å². The van der Waals surface area contributed by atoms with Crippen LogP contribution < -0.4 is 5.32 Å². The minimum atomic E-state index is -0.815. The molecule has 3 heteroatoms. The molecule has 0 unspecified atom stereocenters. The molecular formula is C5H8FNO. The third-order valence-corrected chi connectivity index (χ3v) is 1.28. The van der Waals surface area contributed by atoms with Crippen LogP contribution in [0, 0.1) is 0 Å². The van der Waals surface area contributed by atoms with Gasteiger partial charge in [-0.25, -0.2) is 4.39 Å². The van der Waals surface area contributed by atoms with Gasteiger partial charge in [0, 0.05) is 13.0 Å². The van der Waals surface area contributed by atoms with Crippen molar-refractivity contribution in [1.82, 2.24) is 5.32 Å². The summed E-state index contributed by atoms with van der Waals surface area (Å²) in [4.78, 5) is 9.92. The van der Waals surface area contributed by atoms with E-state index in [2.05, 4.69) is 5.32 Å². The molecule has 1 N–H and O–H groups in total. The molecule has 46 valence electrons. The van der Waals surface area contributed by atoms with Crippen molar-refractivity contribution >= 4 is 6.29 Å². The van der Waals surface area contributed by atoms with E-state index in [4.69, 9.17) is 0 Å². The summed E-state index contributed by atoms with van der Waals surface area (Å²) in [6.07, 6.45) is 0.286. The predicted molar refractivity (Wildman–Crippen MR) is 27.4 cm³/mol. The summed E-state index contributed by atoms with van der Waals surface area (Å²) >= 11 is 0. The Kier molecular flexibility index (Phi) is 1.58. The normalized spacial score (nSPS) is 37.6. The first-order valence-corrected chi connectivity index (χ1v) is 2.65. The third kappa shape index (κ3) is 1.04. The molecule has 1 aliphatic rings. The monoisotopic (exact) mass is 117 g/mol. The van der Waals surface area contributed by atoms with Crippen LogP contribution in [0.25, 0.3) is 0 Å². The number of aldehydes is 1. The first-order valence-electron chi connectivity index (χ1n) is 2.65. The fraction of sp³-hybridized carbons (Fsp3) is 0.800. The van der Waals surface area contributed by atoms with E-state index in [9.17, 15) is 9.18 Å². The van der Waals surface area contributed by atoms with Gasteiger partial charge in [-0.05, 0) is 0 Å². The molecule has 0 aromatic heterocycles. The van der Waals surface area contributed by atoms with Gasteiger partial charge in [-0.1, -0.05) is 0 Å². The van der Waals surface area contributed by atoms with Crippen molar-refractivity contribution in [3.05, 3.63) is 0 Å². The minimum absolute atomic E-state index is 0.231. The Bertz CT molecular complexity index is 96.4. The lowest BCUT2D eigenvalue weighted by Gasteiger charge is -1.93. The molecule has 2 nitrogen and oxygen atoms in total. The van der Waals surface area contributed by atoms with Gasteiger partial charge in [-0.3, -0.25) is 0 Å². The SMILES string of the molecule is O=C[C@@H]1C[C@H](F)CN1. The van der Waals surface area contributed by atoms with Crippen LogP contribution in [0.1, 0.15) is 6.42 Å². The van der Waals surface area contributed by atoms with Crippen LogP contribution in [0.2, 0.25) is 0 Å². The number of carbonyl (C=O) groups excluding carboxylic acids is 1. The molecule has 0 spiro atoms. The highest BCUT2D eigenvalue weighted by Gasteiger charge is 2.21. The van der Waals surface area contributed by atoms with E-state index in [-0.39, 0.29) is 6.04 Å². The zero-order chi connectivity index (χ0) is 5.98. The van der Waals surface area contributed by atoms with Crippen molar-refractivity contribution < 1.29 is 9.18 Å². The van der Waals surface area contributed by atoms with Crippen LogP contribution in [-0.4, -0.2) is 25.0 Å². The maximum absolute atomic E-state index is 12.1. The van der Waals surface area contributed by atoms with Crippen molar-refractivity contribution in [1.29, 1.82) is 0 Å². The van der Waals surface area contributed by atoms with Gasteiger partial charge in [0.15, 0.2) is 0 Å². The summed E-state index contributed by atoms with van der Waals surface area (Å²) in [5, 5.41) is 2.71. The third-order valence-electron chi connectivity index (χ3n) is 1.28. The Morgan fingerprint density at radius 1 is 1.75 bits per heavy atom. The molecule has 1 aliphatic heterocycles. The van der Waals surface area contributed by atoms with Crippen molar-refractivity contribution in [2.75, 3.05) is 6.54 Å². The second kappa shape index (κ2) is 2.22. The van der Waals surface area contributed by atoms with Crippen LogP contribution >= 0.6 is 0 Å². The molecule has 8 heavy (non-hydrogen) atoms. The predicted octanol–water partition coefficient (Wildman–Crippen LogP) is -0.115. The fourth-order valence-corrected chi connectivity index (χ4v) is 0.825. The maximum Gasteiger partial charge on any atom is 0.137 e. The van der Waals surface area contributed by atoms with Crippen molar-refractivity contribution in [2.24, 2.45) is 0 Å². The van der Waals surface area contributed by atoms with E-state index in [0.29, 0.717) is 13.0 Å². The number of alkyl halides is 1. The Labute approximate surface area is 47.1 Å². The summed E-state index contributed by atoms with van der Waals surface area (Å²) < 4.78 is 12.1. The van der Waals surface area contributed by atoms with Gasteiger partial charge in [-0.2, -0.15) is 0 Å².